The van der Waals surface area contributed by atoms with Gasteiger partial charge in [0, 0.05) is 108 Å². The van der Waals surface area contributed by atoms with Crippen molar-refractivity contribution in [2.75, 3.05) is 0 Å². The smallest absolute Gasteiger partial charge is 0.201 e. The predicted octanol–water partition coefficient (Wildman–Crippen LogP) is 20.4. The van der Waals surface area contributed by atoms with Crippen LogP contribution in [0.5, 0.6) is 0 Å². The zero-order valence-electron chi connectivity index (χ0n) is 75.1. The molecule has 0 aliphatic carbocycles. The lowest BCUT2D eigenvalue weighted by molar-refractivity contribution is -0.661. The van der Waals surface area contributed by atoms with Gasteiger partial charge in [-0.3, -0.25) is 0 Å². The summed E-state index contributed by atoms with van der Waals surface area (Å²) in [6, 6.07) is 77.2. The largest absolute Gasteiger partial charge is 0.213 e. The first-order valence-electron chi connectivity index (χ1n) is 41.0. The molecule has 98 heavy (non-hydrogen) atoms. The molecule has 5 heteroatoms. The van der Waals surface area contributed by atoms with Crippen LogP contribution < -0.4 is 22.8 Å². The van der Waals surface area contributed by atoms with Gasteiger partial charge in [-0.1, -0.05) is 195 Å². The summed E-state index contributed by atoms with van der Waals surface area (Å²) < 4.78 is 133. The maximum Gasteiger partial charge on any atom is 0.213 e. The molecule has 0 N–H and O–H groups in total. The second-order valence-electron chi connectivity index (χ2n) is 24.9. The number of nitrogens with zero attached hydrogens (tertiary/aromatic N) is 5. The van der Waals surface area contributed by atoms with E-state index in [-0.39, 0.29) is 11.1 Å². The maximum atomic E-state index is 7.91. The highest BCUT2D eigenvalue weighted by atomic mass is 14.9. The van der Waals surface area contributed by atoms with Crippen molar-refractivity contribution in [2.24, 2.45) is 35.2 Å². The third-order valence-corrected chi connectivity index (χ3v) is 17.7. The van der Waals surface area contributed by atoms with Gasteiger partial charge in [-0.15, -0.1) is 0 Å². The van der Waals surface area contributed by atoms with E-state index in [0.29, 0.717) is 22.3 Å². The lowest BCUT2D eigenvalue weighted by Crippen LogP contribution is -2.32. The molecule has 0 fully saturated rings. The van der Waals surface area contributed by atoms with Crippen molar-refractivity contribution in [3.05, 3.63) is 340 Å². The van der Waals surface area contributed by atoms with E-state index in [4.69, 9.17) is 21.9 Å². The summed E-state index contributed by atoms with van der Waals surface area (Å²) in [5.74, 6) is 0. The summed E-state index contributed by atoms with van der Waals surface area (Å²) in [6.07, 6.45) is 6.35. The van der Waals surface area contributed by atoms with Gasteiger partial charge in [-0.05, 0) is 192 Å². The van der Waals surface area contributed by atoms with Crippen molar-refractivity contribution >= 4 is 0 Å². The van der Waals surface area contributed by atoms with Crippen LogP contribution in [-0.4, -0.2) is 0 Å². The minimum absolute atomic E-state index is 0.0661. The quantitative estimate of drug-likeness (QED) is 0.122. The molecule has 0 atom stereocenters. The molecule has 5 aromatic heterocycles. The molecule has 0 spiro atoms. The Balaban J connectivity index is 0.000000163. The molecule has 494 valence electrons. The molecule has 5 nitrogen and oxygen atoms in total. The minimum Gasteiger partial charge on any atom is -0.201 e. The molecule has 0 saturated heterocycles. The Morgan fingerprint density at radius 1 is 0.255 bits per heavy atom. The summed E-state index contributed by atoms with van der Waals surface area (Å²) in [5, 5.41) is 0. The number of benzene rings is 8. The SMILES string of the molecule is Cc1cc(-c2ccccc2C)[n+](C)cc1-c1ccccc1.[2H]C([2H])([2H])c1c[n+](C)c(-c2ccccc2C)cc1-c1ccccc1.[2H]C([2H])([2H])c1cc(-c2ccccc2C)[n+](C)cc1C([2H])([2H])C.[2H]C([2H])([2H])c1ccc(-c2cc(C)c(-c3ccccc3)c[n+]2C)c(C)c1.[2H]C([2H])([2H])c1ccc(-c2ccc(C([2H])([2H])C)c[n+]2C)c(C)c1. The molecule has 0 saturated carbocycles. The van der Waals surface area contributed by atoms with Gasteiger partial charge in [0.15, 0.2) is 31.0 Å². The van der Waals surface area contributed by atoms with Crippen molar-refractivity contribution < 1.29 is 44.8 Å². The van der Waals surface area contributed by atoms with Gasteiger partial charge in [0.2, 0.25) is 28.5 Å². The van der Waals surface area contributed by atoms with E-state index in [1.165, 1.54) is 64.0 Å². The van der Waals surface area contributed by atoms with Crippen molar-refractivity contribution in [2.45, 2.75) is 102 Å². The lowest BCUT2D eigenvalue weighted by Gasteiger charge is -2.10. The van der Waals surface area contributed by atoms with Crippen LogP contribution in [0.3, 0.4) is 0 Å². The van der Waals surface area contributed by atoms with Crippen LogP contribution in [0, 0.1) is 75.9 Å². The number of hydrogen-bond acceptors (Lipinski definition) is 0. The van der Waals surface area contributed by atoms with Crippen LogP contribution in [0.25, 0.3) is 89.7 Å². The number of aryl methyl sites for hydroxylation is 18. The number of pyridine rings is 5. The van der Waals surface area contributed by atoms with E-state index in [2.05, 4.69) is 147 Å². The zero-order valence-corrected chi connectivity index (χ0v) is 59.1. The van der Waals surface area contributed by atoms with Crippen LogP contribution in [0.4, 0.5) is 0 Å². The molecule has 0 radical (unpaired) electrons. The van der Waals surface area contributed by atoms with E-state index < -0.39 is 40.2 Å². The van der Waals surface area contributed by atoms with Crippen molar-refractivity contribution in [1.29, 1.82) is 0 Å². The molecular weight excluding hydrogens is 1190 g/mol. The Kier molecular flexibility index (Phi) is 18.0. The first-order valence-corrected chi connectivity index (χ1v) is 33.0. The van der Waals surface area contributed by atoms with Gasteiger partial charge in [0.05, 0.1) is 0 Å². The van der Waals surface area contributed by atoms with Crippen molar-refractivity contribution in [3.8, 4) is 89.7 Å². The third-order valence-electron chi connectivity index (χ3n) is 17.7. The standard InChI is InChI=1S/C21H22N.2C20H20N.2C16H20N/c1-15-10-11-19(16(2)12-15)21-13-17(3)20(14-22(21)4)18-8-6-5-7-9-18;1-15-9-7-8-12-18(15)20-13-19(16(2)14-21(20)3)17-10-5-4-6-11-17;1-15-9-7-8-12-18(15)20-13-16(2)19(14-21(20)3)17-10-5-4-6-11-17;1-5-14-7-9-16(17(4)11-14)15-8-6-12(2)10-13(15)3;1-5-14-11-17(4)16(10-13(14)3)15-9-7-6-8-12(15)2/h5-14H,1-4H3;2*4-14H,1-3H3;2*6-11H,5H2,1-4H3/q5*+1/i1D3;2D3;;2D3,5D2;3D3,5D2. The summed E-state index contributed by atoms with van der Waals surface area (Å²) >= 11 is 0. The first-order chi connectivity index (χ1) is 53.3. The van der Waals surface area contributed by atoms with Gasteiger partial charge >= 0.3 is 0 Å². The van der Waals surface area contributed by atoms with Gasteiger partial charge in [0.1, 0.15) is 35.2 Å². The average Bonchev–Trinajstić information content (AvgIpc) is 0.776. The van der Waals surface area contributed by atoms with E-state index in [1.807, 2.05) is 160 Å². The highest BCUT2D eigenvalue weighted by Crippen LogP contribution is 2.32. The van der Waals surface area contributed by atoms with Gasteiger partial charge < -0.3 is 0 Å². The van der Waals surface area contributed by atoms with Gasteiger partial charge in [0.25, 0.3) is 0 Å². The third kappa shape index (κ3) is 17.7. The number of rotatable bonds is 10. The average molecular weight is 1310 g/mol. The fraction of sp³-hybridized carbons (Fsp3) is 0.215. The monoisotopic (exact) mass is 1300 g/mol. The van der Waals surface area contributed by atoms with Crippen molar-refractivity contribution in [3.63, 3.8) is 0 Å². The Hall–Kier alpha value is -10.5. The molecule has 0 amide bonds. The molecule has 0 aliphatic rings. The maximum absolute atomic E-state index is 7.91. The van der Waals surface area contributed by atoms with Crippen LogP contribution in [0.15, 0.2) is 268 Å². The fourth-order valence-electron chi connectivity index (χ4n) is 12.3. The molecule has 8 aromatic carbocycles. The minimum atomic E-state index is -2.36. The van der Waals surface area contributed by atoms with Crippen LogP contribution in [0.1, 0.15) is 108 Å². The molecule has 0 bridgehead atoms. The lowest BCUT2D eigenvalue weighted by atomic mass is 9.97. The topological polar surface area (TPSA) is 19.4 Å². The Labute approximate surface area is 609 Å². The molecule has 13 aromatic rings. The molecule has 5 heterocycles. The van der Waals surface area contributed by atoms with E-state index in [0.717, 1.165) is 78.4 Å². The van der Waals surface area contributed by atoms with Crippen LogP contribution >= 0.6 is 0 Å². The molecule has 0 unspecified atom stereocenters. The fourth-order valence-corrected chi connectivity index (χ4v) is 12.3. The highest BCUT2D eigenvalue weighted by molar-refractivity contribution is 5.74. The van der Waals surface area contributed by atoms with Gasteiger partial charge in [-0.2, -0.15) is 0 Å². The van der Waals surface area contributed by atoms with Crippen LogP contribution in [-0.2, 0) is 48.0 Å². The number of aromatic nitrogens is 5. The summed E-state index contributed by atoms with van der Waals surface area (Å²) in [6.45, 7) is 8.56. The predicted molar refractivity (Wildman–Crippen MR) is 412 cm³/mol. The first kappa shape index (κ1) is 52.7. The van der Waals surface area contributed by atoms with Crippen molar-refractivity contribution in [1.82, 2.24) is 0 Å². The molecule has 13 rings (SSSR count). The van der Waals surface area contributed by atoms with Gasteiger partial charge in [-0.25, -0.2) is 22.8 Å². The van der Waals surface area contributed by atoms with E-state index >= 15 is 0 Å². The zero-order chi connectivity index (χ0) is 83.7. The Morgan fingerprint density at radius 3 is 0.990 bits per heavy atom. The number of hydrogen-bond donors (Lipinski definition) is 0. The van der Waals surface area contributed by atoms with E-state index in [1.54, 1.807) is 66.6 Å². The molecule has 0 aliphatic heterocycles. The summed E-state index contributed by atoms with van der Waals surface area (Å²) in [7, 11) is 9.71. The Bertz CT molecular complexity index is 5480. The van der Waals surface area contributed by atoms with Crippen LogP contribution in [0.2, 0.25) is 0 Å². The summed E-state index contributed by atoms with van der Waals surface area (Å²) in [5.41, 5.74) is 26.8. The second-order valence-corrected chi connectivity index (χ2v) is 24.9. The second kappa shape index (κ2) is 33.5. The molecular formula is C93H102N5+5. The highest BCUT2D eigenvalue weighted by Gasteiger charge is 2.21. The summed E-state index contributed by atoms with van der Waals surface area (Å²) in [4.78, 5) is 0. The Morgan fingerprint density at radius 2 is 0.602 bits per heavy atom. The van der Waals surface area contributed by atoms with E-state index in [9.17, 15) is 0 Å². The normalized spacial score (nSPS) is 13.9.